The molecule has 1 atom stereocenters. The van der Waals surface area contributed by atoms with Gasteiger partial charge in [0, 0.05) is 22.1 Å². The van der Waals surface area contributed by atoms with Crippen LogP contribution >= 0.6 is 15.9 Å². The number of fused-ring (bicyclic) bond motifs is 1. The number of carbonyl (C=O) groups is 2. The fraction of sp³-hybridized carbons (Fsp3) is 0.333. The fourth-order valence-corrected chi connectivity index (χ4v) is 3.76. The lowest BCUT2D eigenvalue weighted by Gasteiger charge is -2.22. The van der Waals surface area contributed by atoms with Crippen LogP contribution in [0.5, 0.6) is 0 Å². The number of halogens is 1. The Morgan fingerprint density at radius 2 is 1.85 bits per heavy atom. The summed E-state index contributed by atoms with van der Waals surface area (Å²) in [6.07, 6.45) is 1.40. The number of anilines is 1. The van der Waals surface area contributed by atoms with Crippen LogP contribution in [0.15, 0.2) is 46.9 Å². The van der Waals surface area contributed by atoms with Crippen molar-refractivity contribution in [3.63, 3.8) is 0 Å². The molecular weight excluding hydrogens is 394 g/mol. The van der Waals surface area contributed by atoms with Gasteiger partial charge in [0.2, 0.25) is 0 Å². The standard InChI is InChI=1S/C21H22BrNO3/c1-3-11-23-18-10-9-16(22)12-17(18)21(26,20(23)25)13-19(24)15-7-5-14(4-2)6-8-15/h5-10,12,26H,3-4,11,13H2,1-2H3/t21-/m0/s1. The van der Waals surface area contributed by atoms with Gasteiger partial charge < -0.3 is 10.0 Å². The molecule has 1 N–H and O–H groups in total. The maximum Gasteiger partial charge on any atom is 0.264 e. The minimum absolute atomic E-state index is 0.243. The van der Waals surface area contributed by atoms with Crippen LogP contribution in [0, 0.1) is 0 Å². The van der Waals surface area contributed by atoms with Gasteiger partial charge in [0.1, 0.15) is 0 Å². The molecule has 136 valence electrons. The van der Waals surface area contributed by atoms with Crippen molar-refractivity contribution in [2.45, 2.75) is 38.7 Å². The second-order valence-corrected chi connectivity index (χ2v) is 7.54. The van der Waals surface area contributed by atoms with Crippen LogP contribution in [0.25, 0.3) is 0 Å². The molecule has 0 saturated heterocycles. The van der Waals surface area contributed by atoms with E-state index >= 15 is 0 Å². The molecule has 0 aromatic heterocycles. The molecule has 3 rings (SSSR count). The highest BCUT2D eigenvalue weighted by molar-refractivity contribution is 9.10. The molecule has 1 aliphatic heterocycles. The molecule has 0 spiro atoms. The van der Waals surface area contributed by atoms with Crippen molar-refractivity contribution in [2.75, 3.05) is 11.4 Å². The van der Waals surface area contributed by atoms with Crippen molar-refractivity contribution in [1.82, 2.24) is 0 Å². The molecule has 5 heteroatoms. The first kappa shape index (κ1) is 18.8. The molecule has 0 fully saturated rings. The summed E-state index contributed by atoms with van der Waals surface area (Å²) >= 11 is 3.40. The molecule has 26 heavy (non-hydrogen) atoms. The number of hydrogen-bond donors (Lipinski definition) is 1. The zero-order valence-electron chi connectivity index (χ0n) is 15.0. The quantitative estimate of drug-likeness (QED) is 0.718. The van der Waals surface area contributed by atoms with E-state index in [0.717, 1.165) is 22.9 Å². The smallest absolute Gasteiger partial charge is 0.264 e. The number of rotatable bonds is 6. The number of ketones is 1. The van der Waals surface area contributed by atoms with E-state index in [1.165, 1.54) is 0 Å². The molecule has 1 amide bonds. The van der Waals surface area contributed by atoms with Crippen molar-refractivity contribution in [2.24, 2.45) is 0 Å². The van der Waals surface area contributed by atoms with Gasteiger partial charge in [-0.25, -0.2) is 0 Å². The van der Waals surface area contributed by atoms with Crippen molar-refractivity contribution in [3.8, 4) is 0 Å². The van der Waals surface area contributed by atoms with Gasteiger partial charge in [-0.15, -0.1) is 0 Å². The van der Waals surface area contributed by atoms with Crippen LogP contribution in [-0.4, -0.2) is 23.3 Å². The molecule has 0 bridgehead atoms. The van der Waals surface area contributed by atoms with E-state index in [1.807, 2.05) is 38.1 Å². The minimum atomic E-state index is -1.82. The summed E-state index contributed by atoms with van der Waals surface area (Å²) in [6.45, 7) is 4.53. The zero-order valence-corrected chi connectivity index (χ0v) is 16.5. The van der Waals surface area contributed by atoms with Gasteiger partial charge in [0.25, 0.3) is 5.91 Å². The molecule has 0 saturated carbocycles. The first-order valence-electron chi connectivity index (χ1n) is 8.87. The Kier molecular flexibility index (Phi) is 5.30. The number of benzene rings is 2. The topological polar surface area (TPSA) is 57.6 Å². The second-order valence-electron chi connectivity index (χ2n) is 6.63. The lowest BCUT2D eigenvalue weighted by atomic mass is 9.88. The van der Waals surface area contributed by atoms with Gasteiger partial charge in [-0.3, -0.25) is 9.59 Å². The van der Waals surface area contributed by atoms with E-state index in [0.29, 0.717) is 23.4 Å². The van der Waals surface area contributed by atoms with E-state index in [1.54, 1.807) is 23.1 Å². The Balaban J connectivity index is 1.96. The third kappa shape index (κ3) is 3.21. The van der Waals surface area contributed by atoms with Crippen LogP contribution in [0.4, 0.5) is 5.69 Å². The Hall–Kier alpha value is -1.98. The minimum Gasteiger partial charge on any atom is -0.375 e. The molecule has 0 unspecified atom stereocenters. The third-order valence-corrected chi connectivity index (χ3v) is 5.33. The third-order valence-electron chi connectivity index (χ3n) is 4.84. The molecule has 0 aliphatic carbocycles. The number of aryl methyl sites for hydroxylation is 1. The maximum absolute atomic E-state index is 13.0. The molecule has 2 aromatic carbocycles. The Labute approximate surface area is 162 Å². The highest BCUT2D eigenvalue weighted by atomic mass is 79.9. The molecule has 1 heterocycles. The summed E-state index contributed by atoms with van der Waals surface area (Å²) in [5.74, 6) is -0.668. The zero-order chi connectivity index (χ0) is 18.9. The van der Waals surface area contributed by atoms with E-state index in [-0.39, 0.29) is 12.2 Å². The highest BCUT2D eigenvalue weighted by Gasteiger charge is 2.50. The number of amides is 1. The predicted molar refractivity (Wildman–Crippen MR) is 105 cm³/mol. The van der Waals surface area contributed by atoms with Crippen molar-refractivity contribution < 1.29 is 14.7 Å². The van der Waals surface area contributed by atoms with Crippen LogP contribution in [0.2, 0.25) is 0 Å². The highest BCUT2D eigenvalue weighted by Crippen LogP contribution is 2.44. The van der Waals surface area contributed by atoms with E-state index in [2.05, 4.69) is 15.9 Å². The number of carbonyl (C=O) groups excluding carboxylic acids is 2. The van der Waals surface area contributed by atoms with Gasteiger partial charge in [-0.2, -0.15) is 0 Å². The van der Waals surface area contributed by atoms with Gasteiger partial charge in [0.15, 0.2) is 11.4 Å². The van der Waals surface area contributed by atoms with Gasteiger partial charge in [-0.05, 0) is 36.6 Å². The predicted octanol–water partition coefficient (Wildman–Crippen LogP) is 4.23. The second kappa shape index (κ2) is 7.33. The summed E-state index contributed by atoms with van der Waals surface area (Å²) < 4.78 is 0.764. The average molecular weight is 416 g/mol. The normalized spacial score (nSPS) is 18.9. The first-order valence-corrected chi connectivity index (χ1v) is 9.66. The summed E-state index contributed by atoms with van der Waals surface area (Å²) in [5, 5.41) is 11.2. The Bertz CT molecular complexity index is 847. The number of nitrogens with zero attached hydrogens (tertiary/aromatic N) is 1. The van der Waals surface area contributed by atoms with E-state index in [9.17, 15) is 14.7 Å². The van der Waals surface area contributed by atoms with Crippen LogP contribution in [0.1, 0.15) is 48.2 Å². The maximum atomic E-state index is 13.0. The monoisotopic (exact) mass is 415 g/mol. The van der Waals surface area contributed by atoms with Crippen LogP contribution in [-0.2, 0) is 16.8 Å². The van der Waals surface area contributed by atoms with Crippen LogP contribution < -0.4 is 4.90 Å². The van der Waals surface area contributed by atoms with E-state index in [4.69, 9.17) is 0 Å². The van der Waals surface area contributed by atoms with Crippen molar-refractivity contribution in [3.05, 3.63) is 63.6 Å². The lowest BCUT2D eigenvalue weighted by Crippen LogP contribution is -2.42. The number of aliphatic hydroxyl groups is 1. The Morgan fingerprint density at radius 1 is 1.15 bits per heavy atom. The number of hydrogen-bond acceptors (Lipinski definition) is 3. The first-order chi connectivity index (χ1) is 12.4. The summed E-state index contributed by atoms with van der Waals surface area (Å²) in [5.41, 5.74) is 0.990. The molecule has 1 aliphatic rings. The molecule has 4 nitrogen and oxygen atoms in total. The molecule has 2 aromatic rings. The Morgan fingerprint density at radius 3 is 2.46 bits per heavy atom. The van der Waals surface area contributed by atoms with E-state index < -0.39 is 11.5 Å². The summed E-state index contributed by atoms with van der Waals surface area (Å²) in [6, 6.07) is 12.7. The molecule has 0 radical (unpaired) electrons. The molecular formula is C21H22BrNO3. The van der Waals surface area contributed by atoms with Gasteiger partial charge in [-0.1, -0.05) is 54.0 Å². The fourth-order valence-electron chi connectivity index (χ4n) is 3.40. The van der Waals surface area contributed by atoms with Gasteiger partial charge in [0.05, 0.1) is 12.1 Å². The van der Waals surface area contributed by atoms with Gasteiger partial charge >= 0.3 is 0 Å². The number of Topliss-reactive ketones (excluding diaryl/α,β-unsaturated/α-hetero) is 1. The summed E-state index contributed by atoms with van der Waals surface area (Å²) in [4.78, 5) is 27.3. The van der Waals surface area contributed by atoms with Crippen molar-refractivity contribution >= 4 is 33.3 Å². The van der Waals surface area contributed by atoms with Crippen molar-refractivity contribution in [1.29, 1.82) is 0 Å². The SMILES string of the molecule is CCCN1C(=O)[C@](O)(CC(=O)c2ccc(CC)cc2)c2cc(Br)ccc21. The average Bonchev–Trinajstić information content (AvgIpc) is 2.84. The summed E-state index contributed by atoms with van der Waals surface area (Å²) in [7, 11) is 0. The largest absolute Gasteiger partial charge is 0.375 e. The lowest BCUT2D eigenvalue weighted by molar-refractivity contribution is -0.135. The van der Waals surface area contributed by atoms with Crippen LogP contribution in [0.3, 0.4) is 0 Å².